The van der Waals surface area contributed by atoms with E-state index in [9.17, 15) is 14.7 Å². The van der Waals surface area contributed by atoms with Gasteiger partial charge in [-0.25, -0.2) is 4.79 Å². The monoisotopic (exact) mass is 374 g/mol. The van der Waals surface area contributed by atoms with Gasteiger partial charge in [0.05, 0.1) is 18.6 Å². The molecule has 2 atom stereocenters. The fraction of sp³-hybridized carbons (Fsp3) is 0.789. The van der Waals surface area contributed by atoms with Gasteiger partial charge in [0.2, 0.25) is 0 Å². The Bertz CT molecular complexity index is 477. The van der Waals surface area contributed by atoms with Crippen LogP contribution in [0, 0.1) is 5.92 Å². The van der Waals surface area contributed by atoms with E-state index >= 15 is 0 Å². The summed E-state index contributed by atoms with van der Waals surface area (Å²) >= 11 is 0. The Labute approximate surface area is 156 Å². The first-order chi connectivity index (χ1) is 11.8. The summed E-state index contributed by atoms with van der Waals surface area (Å²) in [5.41, 5.74) is -0.474. The molecule has 7 heteroatoms. The number of rotatable bonds is 12. The largest absolute Gasteiger partial charge is 0.463 e. The molecule has 0 amide bonds. The zero-order valence-electron chi connectivity index (χ0n) is 17.1. The van der Waals surface area contributed by atoms with Gasteiger partial charge in [-0.1, -0.05) is 19.1 Å². The first-order valence-electron chi connectivity index (χ1n) is 8.83. The van der Waals surface area contributed by atoms with Crippen molar-refractivity contribution in [1.82, 2.24) is 0 Å². The van der Waals surface area contributed by atoms with Crippen molar-refractivity contribution in [3.8, 4) is 0 Å². The molecule has 0 heterocycles. The fourth-order valence-electron chi connectivity index (χ4n) is 1.81. The van der Waals surface area contributed by atoms with Crippen LogP contribution in [-0.4, -0.2) is 54.4 Å². The summed E-state index contributed by atoms with van der Waals surface area (Å²) in [6.45, 7) is 15.3. The van der Waals surface area contributed by atoms with Crippen LogP contribution in [0.15, 0.2) is 12.2 Å². The standard InChI is InChI=1S/C19H34O7/c1-9-15(26-19(7,8)22)12-24-17(21)18(5,6)25-11-10-23-16(20)14(4)13(2)3/h14-15,22H,2,9-12H2,1,3-8H3. The molecule has 0 rings (SSSR count). The minimum atomic E-state index is -1.30. The van der Waals surface area contributed by atoms with E-state index in [-0.39, 0.29) is 31.7 Å². The molecule has 152 valence electrons. The Morgan fingerprint density at radius 3 is 2.15 bits per heavy atom. The van der Waals surface area contributed by atoms with E-state index in [1.54, 1.807) is 27.7 Å². The SMILES string of the molecule is C=C(C)C(C)C(=O)OCCOC(C)(C)C(=O)OCC(CC)OC(C)(C)O. The van der Waals surface area contributed by atoms with Gasteiger partial charge in [-0.2, -0.15) is 0 Å². The topological polar surface area (TPSA) is 91.3 Å². The molecule has 2 unspecified atom stereocenters. The van der Waals surface area contributed by atoms with Crippen molar-refractivity contribution in [1.29, 1.82) is 0 Å². The van der Waals surface area contributed by atoms with Crippen LogP contribution in [0.3, 0.4) is 0 Å². The summed E-state index contributed by atoms with van der Waals surface area (Å²) < 4.78 is 21.2. The van der Waals surface area contributed by atoms with E-state index in [2.05, 4.69) is 6.58 Å². The maximum Gasteiger partial charge on any atom is 0.337 e. The van der Waals surface area contributed by atoms with Gasteiger partial charge in [0, 0.05) is 0 Å². The molecule has 0 aromatic carbocycles. The highest BCUT2D eigenvalue weighted by atomic mass is 16.6. The van der Waals surface area contributed by atoms with E-state index in [1.807, 2.05) is 6.92 Å². The van der Waals surface area contributed by atoms with Gasteiger partial charge in [0.1, 0.15) is 13.2 Å². The van der Waals surface area contributed by atoms with Crippen molar-refractivity contribution in [3.05, 3.63) is 12.2 Å². The van der Waals surface area contributed by atoms with Gasteiger partial charge in [-0.05, 0) is 48.0 Å². The number of ether oxygens (including phenoxy) is 4. The number of aliphatic hydroxyl groups is 1. The Morgan fingerprint density at radius 1 is 1.12 bits per heavy atom. The number of carbonyl (C=O) groups is 2. The number of hydrogen-bond donors (Lipinski definition) is 1. The lowest BCUT2D eigenvalue weighted by atomic mass is 10.1. The van der Waals surface area contributed by atoms with Crippen LogP contribution in [0.25, 0.3) is 0 Å². The molecule has 0 fully saturated rings. The first-order valence-corrected chi connectivity index (χ1v) is 8.83. The van der Waals surface area contributed by atoms with Crippen LogP contribution < -0.4 is 0 Å². The molecule has 0 aromatic heterocycles. The van der Waals surface area contributed by atoms with Crippen molar-refractivity contribution in [2.75, 3.05) is 19.8 Å². The lowest BCUT2D eigenvalue weighted by Gasteiger charge is -2.27. The zero-order valence-corrected chi connectivity index (χ0v) is 17.1. The second kappa shape index (κ2) is 10.6. The molecule has 0 spiro atoms. The molecule has 1 N–H and O–H groups in total. The molecule has 0 aromatic rings. The number of esters is 2. The average Bonchev–Trinajstić information content (AvgIpc) is 2.52. The van der Waals surface area contributed by atoms with Crippen molar-refractivity contribution >= 4 is 11.9 Å². The zero-order chi connectivity index (χ0) is 20.5. The summed E-state index contributed by atoms with van der Waals surface area (Å²) in [5, 5.41) is 9.67. The van der Waals surface area contributed by atoms with Gasteiger partial charge in [0.25, 0.3) is 0 Å². The Balaban J connectivity index is 4.30. The Kier molecular flexibility index (Phi) is 10.1. The second-order valence-electron chi connectivity index (χ2n) is 7.29. The third kappa shape index (κ3) is 9.89. The number of carbonyl (C=O) groups excluding carboxylic acids is 2. The van der Waals surface area contributed by atoms with Crippen molar-refractivity contribution in [2.45, 2.75) is 72.4 Å². The van der Waals surface area contributed by atoms with E-state index in [0.717, 1.165) is 5.57 Å². The van der Waals surface area contributed by atoms with E-state index in [4.69, 9.17) is 18.9 Å². The first kappa shape index (κ1) is 24.6. The maximum absolute atomic E-state index is 12.2. The van der Waals surface area contributed by atoms with Gasteiger partial charge >= 0.3 is 11.9 Å². The normalized spacial score (nSPS) is 14.5. The summed E-state index contributed by atoms with van der Waals surface area (Å²) in [6, 6.07) is 0. The third-order valence-corrected chi connectivity index (χ3v) is 3.69. The van der Waals surface area contributed by atoms with Crippen LogP contribution in [0.4, 0.5) is 0 Å². The smallest absolute Gasteiger partial charge is 0.337 e. The molecule has 0 saturated heterocycles. The molecule has 0 bridgehead atoms. The van der Waals surface area contributed by atoms with E-state index < -0.39 is 23.5 Å². The average molecular weight is 374 g/mol. The number of hydrogen-bond acceptors (Lipinski definition) is 7. The molecule has 0 radical (unpaired) electrons. The van der Waals surface area contributed by atoms with Crippen molar-refractivity contribution in [3.63, 3.8) is 0 Å². The summed E-state index contributed by atoms with van der Waals surface area (Å²) in [6.07, 6.45) is 0.161. The summed E-state index contributed by atoms with van der Waals surface area (Å²) in [4.78, 5) is 23.9. The molecule has 7 nitrogen and oxygen atoms in total. The highest BCUT2D eigenvalue weighted by Crippen LogP contribution is 2.15. The minimum absolute atomic E-state index is 0.0111. The lowest BCUT2D eigenvalue weighted by molar-refractivity contribution is -0.219. The van der Waals surface area contributed by atoms with Crippen LogP contribution in [-0.2, 0) is 28.5 Å². The minimum Gasteiger partial charge on any atom is -0.463 e. The molecule has 0 aliphatic heterocycles. The van der Waals surface area contributed by atoms with E-state index in [0.29, 0.717) is 6.42 Å². The van der Waals surface area contributed by atoms with Crippen LogP contribution in [0.2, 0.25) is 0 Å². The molecule has 0 aliphatic rings. The summed E-state index contributed by atoms with van der Waals surface area (Å²) in [5.74, 6) is -2.62. The quantitative estimate of drug-likeness (QED) is 0.243. The highest BCUT2D eigenvalue weighted by molar-refractivity contribution is 5.78. The Morgan fingerprint density at radius 2 is 1.69 bits per heavy atom. The van der Waals surface area contributed by atoms with Crippen LogP contribution in [0.1, 0.15) is 54.9 Å². The van der Waals surface area contributed by atoms with Crippen LogP contribution >= 0.6 is 0 Å². The molecular formula is C19H34O7. The van der Waals surface area contributed by atoms with Gasteiger partial charge < -0.3 is 24.1 Å². The molecule has 0 saturated carbocycles. The van der Waals surface area contributed by atoms with Gasteiger partial charge in [-0.15, -0.1) is 0 Å². The Hall–Kier alpha value is -1.44. The summed E-state index contributed by atoms with van der Waals surface area (Å²) in [7, 11) is 0. The molecule has 0 aliphatic carbocycles. The second-order valence-corrected chi connectivity index (χ2v) is 7.29. The maximum atomic E-state index is 12.2. The predicted molar refractivity (Wildman–Crippen MR) is 97.4 cm³/mol. The van der Waals surface area contributed by atoms with Crippen molar-refractivity contribution < 1.29 is 33.6 Å². The third-order valence-electron chi connectivity index (χ3n) is 3.69. The van der Waals surface area contributed by atoms with Gasteiger partial charge in [0.15, 0.2) is 11.4 Å². The molecular weight excluding hydrogens is 340 g/mol. The predicted octanol–water partition coefficient (Wildman–Crippen LogP) is 2.60. The van der Waals surface area contributed by atoms with Crippen molar-refractivity contribution in [2.24, 2.45) is 5.92 Å². The van der Waals surface area contributed by atoms with Gasteiger partial charge in [-0.3, -0.25) is 4.79 Å². The lowest BCUT2D eigenvalue weighted by Crippen LogP contribution is -2.40. The fourth-order valence-corrected chi connectivity index (χ4v) is 1.81. The van der Waals surface area contributed by atoms with Crippen LogP contribution in [0.5, 0.6) is 0 Å². The molecule has 26 heavy (non-hydrogen) atoms. The highest BCUT2D eigenvalue weighted by Gasteiger charge is 2.31. The van der Waals surface area contributed by atoms with E-state index in [1.165, 1.54) is 13.8 Å².